The van der Waals surface area contributed by atoms with Crippen LogP contribution in [0.1, 0.15) is 11.1 Å². The molecule has 0 aliphatic rings. The van der Waals surface area contributed by atoms with Crippen LogP contribution in [-0.2, 0) is 13.6 Å². The van der Waals surface area contributed by atoms with E-state index >= 15 is 0 Å². The molecule has 0 fully saturated rings. The first-order chi connectivity index (χ1) is 18.7. The fraction of sp³-hybridized carbons (Fsp3) is 0.0909. The Hall–Kier alpha value is -4.35. The number of benzene rings is 4. The number of aromatic nitrogens is 4. The number of aryl methyl sites for hydroxylation is 2. The highest BCUT2D eigenvalue weighted by atomic mass is 32.2. The fourth-order valence-corrected chi connectivity index (χ4v) is 4.90. The standard InChI is InChI=1S/C20H18N4S.C13H12/c1-23-13-11-21-19(23)25-20-22-12-14-24(20)15-16-7-9-18(10-8-16)17-5-3-2-4-6-17;1-11-7-9-13(10-8-11)12-5-3-2-4-6-12/h2-14H,15H2,1H3;2-10H,1H3. The normalized spacial score (nSPS) is 10.6. The van der Waals surface area contributed by atoms with Gasteiger partial charge in [0.2, 0.25) is 0 Å². The summed E-state index contributed by atoms with van der Waals surface area (Å²) in [6, 6.07) is 38.2. The van der Waals surface area contributed by atoms with Gasteiger partial charge in [-0.1, -0.05) is 115 Å². The zero-order chi connectivity index (χ0) is 26.2. The zero-order valence-electron chi connectivity index (χ0n) is 21.6. The van der Waals surface area contributed by atoms with Crippen LogP contribution in [0.3, 0.4) is 0 Å². The Bertz CT molecular complexity index is 1550. The van der Waals surface area contributed by atoms with E-state index in [1.807, 2.05) is 42.3 Å². The summed E-state index contributed by atoms with van der Waals surface area (Å²) in [4.78, 5) is 8.82. The minimum absolute atomic E-state index is 0.793. The van der Waals surface area contributed by atoms with Gasteiger partial charge in [-0.25, -0.2) is 9.97 Å². The summed E-state index contributed by atoms with van der Waals surface area (Å²) in [6.07, 6.45) is 7.59. The van der Waals surface area contributed by atoms with Crippen LogP contribution in [-0.4, -0.2) is 19.1 Å². The first-order valence-electron chi connectivity index (χ1n) is 12.6. The third kappa shape index (κ3) is 6.50. The molecule has 2 aromatic heterocycles. The lowest BCUT2D eigenvalue weighted by Gasteiger charge is -2.09. The lowest BCUT2D eigenvalue weighted by atomic mass is 10.0. The van der Waals surface area contributed by atoms with Crippen LogP contribution >= 0.6 is 11.8 Å². The maximum atomic E-state index is 4.47. The topological polar surface area (TPSA) is 35.6 Å². The van der Waals surface area contributed by atoms with Crippen molar-refractivity contribution in [3.63, 3.8) is 0 Å². The van der Waals surface area contributed by atoms with Crippen LogP contribution in [0.25, 0.3) is 22.3 Å². The van der Waals surface area contributed by atoms with E-state index in [0.717, 1.165) is 16.9 Å². The zero-order valence-corrected chi connectivity index (χ0v) is 22.4. The second-order valence-electron chi connectivity index (χ2n) is 9.06. The molecule has 0 saturated heterocycles. The van der Waals surface area contributed by atoms with E-state index in [0.29, 0.717) is 0 Å². The van der Waals surface area contributed by atoms with Gasteiger partial charge < -0.3 is 9.13 Å². The van der Waals surface area contributed by atoms with Crippen LogP contribution in [0.5, 0.6) is 0 Å². The summed E-state index contributed by atoms with van der Waals surface area (Å²) in [5.41, 5.74) is 7.59. The van der Waals surface area contributed by atoms with Crippen molar-refractivity contribution in [2.24, 2.45) is 7.05 Å². The molecular formula is C33H30N4S. The van der Waals surface area contributed by atoms with E-state index < -0.39 is 0 Å². The number of hydrogen-bond donors (Lipinski definition) is 0. The smallest absolute Gasteiger partial charge is 0.176 e. The van der Waals surface area contributed by atoms with Crippen LogP contribution < -0.4 is 0 Å². The maximum absolute atomic E-state index is 4.47. The summed E-state index contributed by atoms with van der Waals surface area (Å²) < 4.78 is 4.15. The molecule has 0 unspecified atom stereocenters. The van der Waals surface area contributed by atoms with Crippen molar-refractivity contribution in [3.05, 3.63) is 145 Å². The highest BCUT2D eigenvalue weighted by molar-refractivity contribution is 7.99. The highest BCUT2D eigenvalue weighted by Gasteiger charge is 2.09. The van der Waals surface area contributed by atoms with Crippen LogP contribution in [0.4, 0.5) is 0 Å². The molecule has 0 bridgehead atoms. The van der Waals surface area contributed by atoms with Crippen LogP contribution in [0, 0.1) is 6.92 Å². The van der Waals surface area contributed by atoms with E-state index in [1.165, 1.54) is 33.4 Å². The number of rotatable bonds is 6. The van der Waals surface area contributed by atoms with Gasteiger partial charge in [-0.2, -0.15) is 0 Å². The second kappa shape index (κ2) is 12.3. The van der Waals surface area contributed by atoms with Crippen LogP contribution in [0.15, 0.2) is 144 Å². The molecule has 4 nitrogen and oxygen atoms in total. The van der Waals surface area contributed by atoms with E-state index in [4.69, 9.17) is 0 Å². The van der Waals surface area contributed by atoms with E-state index in [2.05, 4.69) is 119 Å². The molecule has 6 aromatic rings. The summed E-state index contributed by atoms with van der Waals surface area (Å²) in [5.74, 6) is 0. The summed E-state index contributed by atoms with van der Waals surface area (Å²) in [5, 5.41) is 1.88. The molecule has 6 rings (SSSR count). The van der Waals surface area contributed by atoms with Gasteiger partial charge in [0.25, 0.3) is 0 Å². The van der Waals surface area contributed by atoms with Gasteiger partial charge in [-0.15, -0.1) is 0 Å². The van der Waals surface area contributed by atoms with Gasteiger partial charge in [0.15, 0.2) is 10.3 Å². The Morgan fingerprint density at radius 1 is 0.579 bits per heavy atom. The number of hydrogen-bond acceptors (Lipinski definition) is 3. The average Bonchev–Trinajstić information content (AvgIpc) is 3.59. The van der Waals surface area contributed by atoms with E-state index in [1.54, 1.807) is 18.0 Å². The average molecular weight is 515 g/mol. The van der Waals surface area contributed by atoms with Crippen molar-refractivity contribution in [1.82, 2.24) is 19.1 Å². The van der Waals surface area contributed by atoms with Gasteiger partial charge in [-0.05, 0) is 46.5 Å². The maximum Gasteiger partial charge on any atom is 0.176 e. The molecule has 0 aliphatic heterocycles. The molecule has 38 heavy (non-hydrogen) atoms. The molecule has 2 heterocycles. The predicted octanol–water partition coefficient (Wildman–Crippen LogP) is 8.15. The first-order valence-corrected chi connectivity index (χ1v) is 13.4. The van der Waals surface area contributed by atoms with E-state index in [-0.39, 0.29) is 0 Å². The molecule has 0 atom stereocenters. The van der Waals surface area contributed by atoms with Gasteiger partial charge in [0, 0.05) is 38.4 Å². The van der Waals surface area contributed by atoms with Crippen molar-refractivity contribution in [3.8, 4) is 22.3 Å². The molecule has 0 aliphatic carbocycles. The van der Waals surface area contributed by atoms with Crippen molar-refractivity contribution >= 4 is 11.8 Å². The molecule has 5 heteroatoms. The number of imidazole rings is 2. The Kier molecular flexibility index (Phi) is 8.16. The van der Waals surface area contributed by atoms with Crippen molar-refractivity contribution in [2.45, 2.75) is 23.8 Å². The monoisotopic (exact) mass is 514 g/mol. The molecule has 0 saturated carbocycles. The lowest BCUT2D eigenvalue weighted by Crippen LogP contribution is -2.01. The minimum atomic E-state index is 0.793. The minimum Gasteiger partial charge on any atom is -0.329 e. The van der Waals surface area contributed by atoms with Crippen molar-refractivity contribution in [1.29, 1.82) is 0 Å². The number of nitrogens with zero attached hydrogens (tertiary/aromatic N) is 4. The largest absolute Gasteiger partial charge is 0.329 e. The fourth-order valence-electron chi connectivity index (χ4n) is 4.06. The first kappa shape index (κ1) is 25.3. The molecule has 188 valence electrons. The van der Waals surface area contributed by atoms with Gasteiger partial charge in [-0.3, -0.25) is 0 Å². The molecule has 0 spiro atoms. The van der Waals surface area contributed by atoms with Crippen molar-refractivity contribution in [2.75, 3.05) is 0 Å². The molecular weight excluding hydrogens is 484 g/mol. The van der Waals surface area contributed by atoms with Gasteiger partial charge in [0.05, 0.1) is 0 Å². The third-order valence-corrected chi connectivity index (χ3v) is 7.31. The third-order valence-electron chi connectivity index (χ3n) is 6.21. The Morgan fingerprint density at radius 3 is 1.63 bits per heavy atom. The molecule has 0 amide bonds. The molecule has 0 radical (unpaired) electrons. The Balaban J connectivity index is 0.000000190. The summed E-state index contributed by atoms with van der Waals surface area (Å²) in [7, 11) is 1.99. The van der Waals surface area contributed by atoms with Crippen molar-refractivity contribution < 1.29 is 0 Å². The second-order valence-corrected chi connectivity index (χ2v) is 9.99. The SMILES string of the molecule is Cc1ccc(-c2ccccc2)cc1.Cn1ccnc1Sc1nccn1Cc1ccc(-c2ccccc2)cc1. The summed E-state index contributed by atoms with van der Waals surface area (Å²) >= 11 is 1.58. The van der Waals surface area contributed by atoms with E-state index in [9.17, 15) is 0 Å². The quantitative estimate of drug-likeness (QED) is 0.225. The van der Waals surface area contributed by atoms with Gasteiger partial charge >= 0.3 is 0 Å². The lowest BCUT2D eigenvalue weighted by molar-refractivity contribution is 0.702. The predicted molar refractivity (Wildman–Crippen MR) is 157 cm³/mol. The molecule has 0 N–H and O–H groups in total. The van der Waals surface area contributed by atoms with Gasteiger partial charge in [0.1, 0.15) is 0 Å². The van der Waals surface area contributed by atoms with Crippen LogP contribution in [0.2, 0.25) is 0 Å². The Morgan fingerprint density at radius 2 is 1.08 bits per heavy atom. The molecule has 4 aromatic carbocycles. The summed E-state index contributed by atoms with van der Waals surface area (Å²) in [6.45, 7) is 2.90. The highest BCUT2D eigenvalue weighted by Crippen LogP contribution is 2.25. The Labute approximate surface area is 228 Å².